The average molecular weight is 246 g/mol. The lowest BCUT2D eigenvalue weighted by Gasteiger charge is -2.10. The maximum absolute atomic E-state index is 2.24. The normalized spacial score (nSPS) is 11.2. The van der Waals surface area contributed by atoms with Crippen LogP contribution in [-0.4, -0.2) is 0 Å². The fraction of sp³-hybridized carbons (Fsp3) is 0.375. The Morgan fingerprint density at radius 1 is 1.12 bits per heavy atom. The second-order valence-electron chi connectivity index (χ2n) is 4.69. The van der Waals surface area contributed by atoms with E-state index in [2.05, 4.69) is 70.4 Å². The van der Waals surface area contributed by atoms with Crippen LogP contribution in [0.3, 0.4) is 0 Å². The van der Waals surface area contributed by atoms with Crippen molar-refractivity contribution in [2.45, 2.75) is 40.5 Å². The quantitative estimate of drug-likeness (QED) is 0.644. The SMILES string of the molecule is CC=CSC(=C(C)C)c1ccc(C(C)C)cc1. The number of hydrogen-bond acceptors (Lipinski definition) is 1. The molecular weight excluding hydrogens is 224 g/mol. The molecule has 0 heterocycles. The number of allylic oxidation sites excluding steroid dienone is 2. The van der Waals surface area contributed by atoms with Crippen LogP contribution in [0.4, 0.5) is 0 Å². The summed E-state index contributed by atoms with van der Waals surface area (Å²) in [7, 11) is 0. The van der Waals surface area contributed by atoms with Gasteiger partial charge in [0.05, 0.1) is 0 Å². The molecule has 0 aliphatic carbocycles. The van der Waals surface area contributed by atoms with Crippen molar-refractivity contribution < 1.29 is 0 Å². The summed E-state index contributed by atoms with van der Waals surface area (Å²) >= 11 is 1.80. The van der Waals surface area contributed by atoms with Gasteiger partial charge in [-0.15, -0.1) is 0 Å². The zero-order valence-electron chi connectivity index (χ0n) is 11.4. The molecule has 92 valence electrons. The highest BCUT2D eigenvalue weighted by atomic mass is 32.2. The molecule has 0 bridgehead atoms. The van der Waals surface area contributed by atoms with Gasteiger partial charge in [-0.2, -0.15) is 0 Å². The van der Waals surface area contributed by atoms with E-state index in [-0.39, 0.29) is 0 Å². The molecule has 0 fully saturated rings. The molecule has 0 aliphatic heterocycles. The first-order valence-electron chi connectivity index (χ1n) is 6.12. The first-order valence-corrected chi connectivity index (χ1v) is 6.99. The molecule has 0 nitrogen and oxygen atoms in total. The largest absolute Gasteiger partial charge is 0.0979 e. The van der Waals surface area contributed by atoms with E-state index in [1.54, 1.807) is 11.8 Å². The first-order chi connectivity index (χ1) is 8.06. The maximum Gasteiger partial charge on any atom is 0.0175 e. The third-order valence-corrected chi connectivity index (χ3v) is 3.90. The summed E-state index contributed by atoms with van der Waals surface area (Å²) in [5.41, 5.74) is 4.08. The van der Waals surface area contributed by atoms with E-state index in [1.807, 2.05) is 0 Å². The monoisotopic (exact) mass is 246 g/mol. The van der Waals surface area contributed by atoms with Crippen LogP contribution < -0.4 is 0 Å². The highest BCUT2D eigenvalue weighted by molar-refractivity contribution is 8.10. The van der Waals surface area contributed by atoms with Gasteiger partial charge in [0.2, 0.25) is 0 Å². The molecule has 0 aliphatic rings. The molecule has 0 aromatic heterocycles. The third kappa shape index (κ3) is 4.08. The van der Waals surface area contributed by atoms with Crippen molar-refractivity contribution in [3.63, 3.8) is 0 Å². The van der Waals surface area contributed by atoms with Gasteiger partial charge in [0.1, 0.15) is 0 Å². The zero-order valence-corrected chi connectivity index (χ0v) is 12.3. The average Bonchev–Trinajstić information content (AvgIpc) is 2.29. The highest BCUT2D eigenvalue weighted by Gasteiger charge is 2.04. The Labute approximate surface area is 110 Å². The molecule has 0 unspecified atom stereocenters. The molecule has 0 radical (unpaired) electrons. The van der Waals surface area contributed by atoms with Gasteiger partial charge in [0.25, 0.3) is 0 Å². The molecule has 0 N–H and O–H groups in total. The Hall–Kier alpha value is -0.950. The van der Waals surface area contributed by atoms with Crippen LogP contribution in [0.25, 0.3) is 4.91 Å². The summed E-state index contributed by atoms with van der Waals surface area (Å²) in [4.78, 5) is 1.36. The van der Waals surface area contributed by atoms with Crippen molar-refractivity contribution in [1.29, 1.82) is 0 Å². The Balaban J connectivity index is 3.01. The van der Waals surface area contributed by atoms with Crippen LogP contribution in [0.15, 0.2) is 41.3 Å². The maximum atomic E-state index is 2.24. The van der Waals surface area contributed by atoms with E-state index < -0.39 is 0 Å². The molecule has 17 heavy (non-hydrogen) atoms. The summed E-state index contributed by atoms with van der Waals surface area (Å²) < 4.78 is 0. The van der Waals surface area contributed by atoms with Crippen LogP contribution in [0.5, 0.6) is 0 Å². The highest BCUT2D eigenvalue weighted by Crippen LogP contribution is 2.32. The van der Waals surface area contributed by atoms with Crippen LogP contribution >= 0.6 is 11.8 Å². The van der Waals surface area contributed by atoms with Crippen LogP contribution in [0, 0.1) is 0 Å². The Kier molecular flexibility index (Phi) is 5.57. The standard InChI is InChI=1S/C16H22S/c1-6-11-17-16(13(4)5)15-9-7-14(8-10-15)12(2)3/h6-12H,1-5H3. The molecule has 0 saturated carbocycles. The number of rotatable bonds is 4. The van der Waals surface area contributed by atoms with Crippen molar-refractivity contribution in [2.24, 2.45) is 0 Å². The minimum absolute atomic E-state index is 0.599. The van der Waals surface area contributed by atoms with Gasteiger partial charge in [-0.3, -0.25) is 0 Å². The number of thioether (sulfide) groups is 1. The van der Waals surface area contributed by atoms with Crippen molar-refractivity contribution >= 4 is 16.7 Å². The summed E-state index contributed by atoms with van der Waals surface area (Å²) in [6.45, 7) is 10.8. The topological polar surface area (TPSA) is 0 Å². The molecule has 1 heteroatoms. The summed E-state index contributed by atoms with van der Waals surface area (Å²) in [5.74, 6) is 0.599. The predicted octanol–water partition coefficient (Wildman–Crippen LogP) is 5.83. The van der Waals surface area contributed by atoms with Crippen molar-refractivity contribution in [1.82, 2.24) is 0 Å². The fourth-order valence-electron chi connectivity index (χ4n) is 1.63. The van der Waals surface area contributed by atoms with Crippen LogP contribution in [-0.2, 0) is 0 Å². The molecule has 0 atom stereocenters. The molecule has 0 spiro atoms. The van der Waals surface area contributed by atoms with Gasteiger partial charge in [-0.05, 0) is 43.2 Å². The third-order valence-electron chi connectivity index (χ3n) is 2.62. The van der Waals surface area contributed by atoms with Gasteiger partial charge < -0.3 is 0 Å². The Morgan fingerprint density at radius 3 is 2.12 bits per heavy atom. The second-order valence-corrected chi connectivity index (χ2v) is 5.61. The van der Waals surface area contributed by atoms with E-state index in [4.69, 9.17) is 0 Å². The van der Waals surface area contributed by atoms with E-state index in [9.17, 15) is 0 Å². The molecule has 1 aromatic carbocycles. The first kappa shape index (κ1) is 14.1. The molecule has 1 aromatic rings. The van der Waals surface area contributed by atoms with Gasteiger partial charge >= 0.3 is 0 Å². The lowest BCUT2D eigenvalue weighted by Crippen LogP contribution is -1.88. The fourth-order valence-corrected chi connectivity index (χ4v) is 2.41. The molecule has 1 rings (SSSR count). The predicted molar refractivity (Wildman–Crippen MR) is 81.2 cm³/mol. The van der Waals surface area contributed by atoms with Crippen molar-refractivity contribution in [2.75, 3.05) is 0 Å². The lowest BCUT2D eigenvalue weighted by molar-refractivity contribution is 0.866. The summed E-state index contributed by atoms with van der Waals surface area (Å²) in [5, 5.41) is 2.14. The van der Waals surface area contributed by atoms with E-state index >= 15 is 0 Å². The van der Waals surface area contributed by atoms with Crippen molar-refractivity contribution in [3.05, 3.63) is 52.4 Å². The second kappa shape index (κ2) is 6.70. The van der Waals surface area contributed by atoms with Crippen molar-refractivity contribution in [3.8, 4) is 0 Å². The Bertz CT molecular complexity index is 404. The van der Waals surface area contributed by atoms with E-state index in [0.717, 1.165) is 0 Å². The smallest absolute Gasteiger partial charge is 0.0175 e. The number of hydrogen-bond donors (Lipinski definition) is 0. The number of benzene rings is 1. The minimum Gasteiger partial charge on any atom is -0.0979 e. The van der Waals surface area contributed by atoms with Gasteiger partial charge in [0.15, 0.2) is 0 Å². The minimum atomic E-state index is 0.599. The van der Waals surface area contributed by atoms with E-state index in [1.165, 1.54) is 21.6 Å². The molecular formula is C16H22S. The van der Waals surface area contributed by atoms with Gasteiger partial charge in [0, 0.05) is 4.91 Å². The lowest BCUT2D eigenvalue weighted by atomic mass is 10.0. The van der Waals surface area contributed by atoms with Gasteiger partial charge in [-0.1, -0.05) is 61.5 Å². The van der Waals surface area contributed by atoms with E-state index in [0.29, 0.717) is 5.92 Å². The zero-order chi connectivity index (χ0) is 12.8. The Morgan fingerprint density at radius 2 is 1.71 bits per heavy atom. The summed E-state index contributed by atoms with van der Waals surface area (Å²) in [6, 6.07) is 8.93. The summed E-state index contributed by atoms with van der Waals surface area (Å²) in [6.07, 6.45) is 2.08. The molecule has 0 saturated heterocycles. The molecule has 0 amide bonds. The van der Waals surface area contributed by atoms with Gasteiger partial charge in [-0.25, -0.2) is 0 Å². The van der Waals surface area contributed by atoms with Crippen LogP contribution in [0.2, 0.25) is 0 Å². The van der Waals surface area contributed by atoms with Crippen LogP contribution in [0.1, 0.15) is 51.7 Å².